The van der Waals surface area contributed by atoms with Gasteiger partial charge in [-0.2, -0.15) is 5.10 Å². The molecule has 1 aromatic carbocycles. The van der Waals surface area contributed by atoms with E-state index in [0.717, 1.165) is 5.56 Å². The van der Waals surface area contributed by atoms with Crippen LogP contribution >= 0.6 is 0 Å². The highest BCUT2D eigenvalue weighted by atomic mass is 16.3. The average molecular weight is 288 g/mol. The van der Waals surface area contributed by atoms with Gasteiger partial charge in [-0.25, -0.2) is 9.67 Å². The van der Waals surface area contributed by atoms with Gasteiger partial charge >= 0.3 is 0 Å². The number of rotatable bonds is 6. The number of aliphatic hydroxyl groups is 1. The first-order valence-corrected chi connectivity index (χ1v) is 6.94. The van der Waals surface area contributed by atoms with Crippen molar-refractivity contribution in [3.63, 3.8) is 0 Å². The zero-order chi connectivity index (χ0) is 15.2. The van der Waals surface area contributed by atoms with Gasteiger partial charge in [-0.05, 0) is 19.4 Å². The highest BCUT2D eigenvalue weighted by Gasteiger charge is 2.21. The summed E-state index contributed by atoms with van der Waals surface area (Å²) in [5.74, 6) is -0.194. The van der Waals surface area contributed by atoms with E-state index >= 15 is 0 Å². The fourth-order valence-electron chi connectivity index (χ4n) is 2.01. The largest absolute Gasteiger partial charge is 0.391 e. The number of nitrogens with zero attached hydrogens (tertiary/aromatic N) is 3. The number of aromatic nitrogens is 3. The van der Waals surface area contributed by atoms with Crippen LogP contribution in [0.5, 0.6) is 0 Å². The van der Waals surface area contributed by atoms with Gasteiger partial charge in [0.1, 0.15) is 18.7 Å². The number of carbonyl (C=O) groups is 1. The van der Waals surface area contributed by atoms with Gasteiger partial charge in [0.25, 0.3) is 0 Å². The lowest BCUT2D eigenvalue weighted by atomic mass is 10.0. The Morgan fingerprint density at radius 1 is 1.33 bits per heavy atom. The van der Waals surface area contributed by atoms with Crippen molar-refractivity contribution in [2.45, 2.75) is 38.5 Å². The monoisotopic (exact) mass is 288 g/mol. The van der Waals surface area contributed by atoms with Gasteiger partial charge in [-0.3, -0.25) is 4.79 Å². The maximum atomic E-state index is 12.1. The maximum Gasteiger partial charge on any atom is 0.244 e. The lowest BCUT2D eigenvalue weighted by Crippen LogP contribution is -2.44. The molecule has 0 saturated carbocycles. The summed E-state index contributed by atoms with van der Waals surface area (Å²) in [7, 11) is 0. The van der Waals surface area contributed by atoms with E-state index in [-0.39, 0.29) is 11.9 Å². The van der Waals surface area contributed by atoms with Crippen molar-refractivity contribution in [3.05, 3.63) is 48.5 Å². The van der Waals surface area contributed by atoms with Crippen molar-refractivity contribution in [1.29, 1.82) is 0 Å². The molecule has 0 radical (unpaired) electrons. The van der Waals surface area contributed by atoms with Crippen molar-refractivity contribution < 1.29 is 9.90 Å². The molecule has 21 heavy (non-hydrogen) atoms. The number of hydrogen-bond acceptors (Lipinski definition) is 4. The lowest BCUT2D eigenvalue weighted by Gasteiger charge is -2.22. The second-order valence-electron chi connectivity index (χ2n) is 5.11. The number of hydrogen-bond donors (Lipinski definition) is 2. The fraction of sp³-hybridized carbons (Fsp3) is 0.400. The Bertz CT molecular complexity index is 556. The molecule has 0 spiro atoms. The summed E-state index contributed by atoms with van der Waals surface area (Å²) in [6, 6.07) is 8.89. The van der Waals surface area contributed by atoms with Gasteiger partial charge in [0.2, 0.25) is 5.91 Å². The number of aliphatic hydroxyl groups excluding tert-OH is 1. The van der Waals surface area contributed by atoms with Crippen LogP contribution in [0.25, 0.3) is 0 Å². The van der Waals surface area contributed by atoms with E-state index in [2.05, 4.69) is 15.4 Å². The van der Waals surface area contributed by atoms with E-state index in [9.17, 15) is 9.90 Å². The molecule has 2 aromatic rings. The summed E-state index contributed by atoms with van der Waals surface area (Å²) in [5, 5.41) is 16.9. The van der Waals surface area contributed by atoms with Gasteiger partial charge in [-0.15, -0.1) is 0 Å². The molecule has 112 valence electrons. The minimum Gasteiger partial charge on any atom is -0.391 e. The zero-order valence-electron chi connectivity index (χ0n) is 12.2. The smallest absolute Gasteiger partial charge is 0.244 e. The Morgan fingerprint density at radius 2 is 2.05 bits per heavy atom. The number of amides is 1. The van der Waals surface area contributed by atoms with Gasteiger partial charge in [0.05, 0.1) is 12.1 Å². The third-order valence-electron chi connectivity index (χ3n) is 3.45. The van der Waals surface area contributed by atoms with Crippen LogP contribution in [-0.2, 0) is 11.2 Å². The van der Waals surface area contributed by atoms with Crippen molar-refractivity contribution in [3.8, 4) is 0 Å². The zero-order valence-corrected chi connectivity index (χ0v) is 12.2. The van der Waals surface area contributed by atoms with E-state index in [1.54, 1.807) is 13.8 Å². The summed E-state index contributed by atoms with van der Waals surface area (Å²) < 4.78 is 1.48. The summed E-state index contributed by atoms with van der Waals surface area (Å²) in [5.41, 5.74) is 1.04. The Labute approximate surface area is 123 Å². The lowest BCUT2D eigenvalue weighted by molar-refractivity contribution is -0.125. The molecule has 1 aromatic heterocycles. The molecule has 0 aliphatic heterocycles. The molecule has 3 atom stereocenters. The number of carbonyl (C=O) groups excluding carboxylic acids is 1. The summed E-state index contributed by atoms with van der Waals surface area (Å²) in [4.78, 5) is 15.9. The third kappa shape index (κ3) is 4.13. The standard InChI is InChI=1S/C15H20N4O2/c1-11(14(20)8-13-6-4-3-5-7-13)18-15(21)12(2)19-10-16-9-17-19/h3-7,9-12,14,20H,8H2,1-2H3,(H,18,21). The van der Waals surface area contributed by atoms with Crippen LogP contribution in [0.2, 0.25) is 0 Å². The molecule has 2 rings (SSSR count). The Balaban J connectivity index is 1.88. The van der Waals surface area contributed by atoms with Gasteiger partial charge < -0.3 is 10.4 Å². The Kier molecular flexibility index (Phi) is 5.05. The molecule has 6 heteroatoms. The van der Waals surface area contributed by atoms with Crippen LogP contribution in [-0.4, -0.2) is 37.9 Å². The van der Waals surface area contributed by atoms with Crippen LogP contribution in [0.4, 0.5) is 0 Å². The molecule has 2 N–H and O–H groups in total. The van der Waals surface area contributed by atoms with Crippen LogP contribution in [0.1, 0.15) is 25.5 Å². The normalized spacial score (nSPS) is 15.2. The van der Waals surface area contributed by atoms with Crippen LogP contribution in [0.15, 0.2) is 43.0 Å². The van der Waals surface area contributed by atoms with Crippen molar-refractivity contribution in [1.82, 2.24) is 20.1 Å². The predicted octanol–water partition coefficient (Wildman–Crippen LogP) is 0.947. The van der Waals surface area contributed by atoms with E-state index in [0.29, 0.717) is 6.42 Å². The molecule has 0 aliphatic carbocycles. The molecule has 0 bridgehead atoms. The molecule has 1 amide bonds. The first kappa shape index (κ1) is 15.2. The first-order chi connectivity index (χ1) is 10.1. The Hall–Kier alpha value is -2.21. The van der Waals surface area contributed by atoms with Crippen LogP contribution in [0, 0.1) is 0 Å². The van der Waals surface area contributed by atoms with Gasteiger partial charge in [0.15, 0.2) is 0 Å². The molecule has 0 aliphatic rings. The second kappa shape index (κ2) is 6.99. The van der Waals surface area contributed by atoms with E-state index in [1.807, 2.05) is 30.3 Å². The van der Waals surface area contributed by atoms with E-state index < -0.39 is 12.1 Å². The SMILES string of the molecule is CC(NC(=O)C(C)n1cncn1)C(O)Cc1ccccc1. The number of benzene rings is 1. The minimum absolute atomic E-state index is 0.194. The molecule has 0 saturated heterocycles. The summed E-state index contributed by atoms with van der Waals surface area (Å²) in [6.07, 6.45) is 2.74. The molecule has 3 unspecified atom stereocenters. The third-order valence-corrected chi connectivity index (χ3v) is 3.45. The summed E-state index contributed by atoms with van der Waals surface area (Å²) >= 11 is 0. The van der Waals surface area contributed by atoms with Gasteiger partial charge in [0, 0.05) is 6.42 Å². The maximum absolute atomic E-state index is 12.1. The Morgan fingerprint density at radius 3 is 2.67 bits per heavy atom. The second-order valence-corrected chi connectivity index (χ2v) is 5.11. The predicted molar refractivity (Wildman–Crippen MR) is 78.5 cm³/mol. The van der Waals surface area contributed by atoms with Crippen LogP contribution < -0.4 is 5.32 Å². The first-order valence-electron chi connectivity index (χ1n) is 6.94. The highest BCUT2D eigenvalue weighted by molar-refractivity contribution is 5.80. The molecular formula is C15H20N4O2. The van der Waals surface area contributed by atoms with E-state index in [1.165, 1.54) is 17.3 Å². The average Bonchev–Trinajstić information content (AvgIpc) is 3.01. The molecule has 6 nitrogen and oxygen atoms in total. The van der Waals surface area contributed by atoms with Gasteiger partial charge in [-0.1, -0.05) is 30.3 Å². The van der Waals surface area contributed by atoms with Crippen molar-refractivity contribution in [2.24, 2.45) is 0 Å². The topological polar surface area (TPSA) is 80.0 Å². The van der Waals surface area contributed by atoms with Crippen molar-refractivity contribution in [2.75, 3.05) is 0 Å². The number of nitrogens with one attached hydrogen (secondary N) is 1. The summed E-state index contributed by atoms with van der Waals surface area (Å²) in [6.45, 7) is 3.53. The molecule has 0 fully saturated rings. The highest BCUT2D eigenvalue weighted by Crippen LogP contribution is 2.08. The molecular weight excluding hydrogens is 268 g/mol. The minimum atomic E-state index is -0.640. The quantitative estimate of drug-likeness (QED) is 0.829. The van der Waals surface area contributed by atoms with Crippen LogP contribution in [0.3, 0.4) is 0 Å². The van der Waals surface area contributed by atoms with E-state index in [4.69, 9.17) is 0 Å². The molecule has 1 heterocycles. The fourth-order valence-corrected chi connectivity index (χ4v) is 2.01. The van der Waals surface area contributed by atoms with Crippen molar-refractivity contribution >= 4 is 5.91 Å².